The summed E-state index contributed by atoms with van der Waals surface area (Å²) in [6.45, 7) is 4.02. The number of nitrogens with zero attached hydrogens (tertiary/aromatic N) is 2. The third-order valence-electron chi connectivity index (χ3n) is 10.3. The van der Waals surface area contributed by atoms with E-state index < -0.39 is 0 Å². The molecule has 276 valence electrons. The van der Waals surface area contributed by atoms with Crippen molar-refractivity contribution < 1.29 is 36.4 Å². The van der Waals surface area contributed by atoms with Gasteiger partial charge in [-0.2, -0.15) is 0 Å². The second kappa shape index (κ2) is 17.8. The first-order valence-corrected chi connectivity index (χ1v) is 19.1. The van der Waals surface area contributed by atoms with E-state index in [0.717, 1.165) is 46.0 Å². The number of fused-ring (bicyclic) bond motifs is 6. The molecular weight excluding hydrogens is 776 g/mol. The predicted molar refractivity (Wildman–Crippen MR) is 230 cm³/mol. The Balaban J connectivity index is 0.000000132. The maximum absolute atomic E-state index is 12.3. The molecule has 2 heterocycles. The van der Waals surface area contributed by atoms with Gasteiger partial charge in [-0.25, -0.2) is 0 Å². The number of rotatable bonds is 5. The molecule has 10 rings (SSSR count). The van der Waals surface area contributed by atoms with Gasteiger partial charge in [0.2, 0.25) is 0 Å². The monoisotopic (exact) mass is 816 g/mol. The molecular formula is C52H42N2O2Zr. The molecule has 0 saturated heterocycles. The van der Waals surface area contributed by atoms with Gasteiger partial charge in [-0.15, -0.1) is 0 Å². The van der Waals surface area contributed by atoms with Crippen LogP contribution in [-0.2, 0) is 39.0 Å². The molecule has 0 N–H and O–H groups in total. The molecule has 0 unspecified atom stereocenters. The molecule has 10 aromatic rings. The zero-order valence-electron chi connectivity index (χ0n) is 32.1. The van der Waals surface area contributed by atoms with E-state index in [0.29, 0.717) is 11.4 Å². The third kappa shape index (κ3) is 8.36. The summed E-state index contributed by atoms with van der Waals surface area (Å²) in [6.07, 6.45) is 2.26. The average Bonchev–Trinajstić information content (AvgIpc) is 3.76. The van der Waals surface area contributed by atoms with Gasteiger partial charge in [-0.1, -0.05) is 169 Å². The van der Waals surface area contributed by atoms with Crippen LogP contribution in [-0.4, -0.2) is 9.13 Å². The van der Waals surface area contributed by atoms with E-state index in [1.165, 1.54) is 32.7 Å². The van der Waals surface area contributed by atoms with E-state index >= 15 is 0 Å². The smallest absolute Gasteiger partial charge is 0.871 e. The fraction of sp³-hybridized carbons (Fsp3) is 0.0769. The van der Waals surface area contributed by atoms with Crippen LogP contribution < -0.4 is 10.2 Å². The molecule has 0 spiro atoms. The van der Waals surface area contributed by atoms with Crippen LogP contribution in [0.4, 0.5) is 0 Å². The first-order chi connectivity index (χ1) is 27.5. The summed E-state index contributed by atoms with van der Waals surface area (Å²) in [5, 5.41) is 29.4. The van der Waals surface area contributed by atoms with E-state index in [1.807, 2.05) is 86.6 Å². The van der Waals surface area contributed by atoms with Gasteiger partial charge < -0.3 is 19.3 Å². The minimum absolute atomic E-state index is 0. The van der Waals surface area contributed by atoms with Crippen molar-refractivity contribution in [3.05, 3.63) is 216 Å². The Kier molecular flexibility index (Phi) is 12.2. The van der Waals surface area contributed by atoms with E-state index in [4.69, 9.17) is 0 Å². The summed E-state index contributed by atoms with van der Waals surface area (Å²) >= 11 is 0. The Bertz CT molecular complexity index is 2600. The van der Waals surface area contributed by atoms with Crippen molar-refractivity contribution in [2.45, 2.75) is 26.7 Å². The molecule has 57 heavy (non-hydrogen) atoms. The molecule has 0 aliphatic carbocycles. The maximum atomic E-state index is 12.3. The van der Waals surface area contributed by atoms with Crippen LogP contribution in [0, 0.1) is 13.8 Å². The number of hydrogen-bond donors (Lipinski definition) is 0. The van der Waals surface area contributed by atoms with Gasteiger partial charge in [0.05, 0.1) is 22.1 Å². The first kappa shape index (κ1) is 39.1. The summed E-state index contributed by atoms with van der Waals surface area (Å²) < 4.78 is 4.14. The Labute approximate surface area is 353 Å². The molecule has 0 aliphatic heterocycles. The standard InChI is InChI=1S/2C19H15NO.C14H14.Zr/c2*1-13-10-11-19(21)18(12-13)20-16-8-4-2-6-14(16)15-7-3-5-9-17(15)20;1-3-7-13(8-4-1)11-12-14-9-5-2-6-10-14;/h2*2-12,21H,1H3;1-10H,11-12H2;/q;;;+2/p-2. The van der Waals surface area contributed by atoms with Gasteiger partial charge in [-0.05, 0) is 85.3 Å². The van der Waals surface area contributed by atoms with Crippen LogP contribution in [0.15, 0.2) is 194 Å². The van der Waals surface area contributed by atoms with Crippen LogP contribution in [0.2, 0.25) is 0 Å². The Morgan fingerprint density at radius 3 is 0.947 bits per heavy atom. The SMILES string of the molecule is Cc1ccc([O-])c(-n2c3ccccc3c3ccccc32)c1.Cc1ccc([O-])c(-n2c3ccccc3c3ccccc32)c1.[Zr+2].c1ccc(CCc2ccccc2)cc1. The van der Waals surface area contributed by atoms with Crippen LogP contribution in [0.1, 0.15) is 22.3 Å². The molecule has 8 aromatic carbocycles. The maximum Gasteiger partial charge on any atom is 2.00 e. The van der Waals surface area contributed by atoms with Crippen LogP contribution in [0.3, 0.4) is 0 Å². The minimum atomic E-state index is 0. The number of benzene rings is 8. The number of aromatic nitrogens is 2. The van der Waals surface area contributed by atoms with Gasteiger partial charge in [0, 0.05) is 32.9 Å². The molecule has 0 bridgehead atoms. The molecule has 0 aliphatic rings. The topological polar surface area (TPSA) is 56.0 Å². The minimum Gasteiger partial charge on any atom is -0.871 e. The number of aryl methyl sites for hydroxylation is 4. The molecule has 0 amide bonds. The zero-order valence-corrected chi connectivity index (χ0v) is 34.6. The Morgan fingerprint density at radius 2 is 0.632 bits per heavy atom. The van der Waals surface area contributed by atoms with Gasteiger partial charge in [0.1, 0.15) is 0 Å². The van der Waals surface area contributed by atoms with Crippen LogP contribution in [0.5, 0.6) is 11.5 Å². The van der Waals surface area contributed by atoms with Crippen molar-refractivity contribution in [2.75, 3.05) is 0 Å². The zero-order chi connectivity index (χ0) is 38.4. The van der Waals surface area contributed by atoms with Gasteiger partial charge >= 0.3 is 26.2 Å². The van der Waals surface area contributed by atoms with E-state index in [-0.39, 0.29) is 37.7 Å². The number of hydrogen-bond acceptors (Lipinski definition) is 2. The fourth-order valence-electron chi connectivity index (χ4n) is 7.55. The molecule has 4 nitrogen and oxygen atoms in total. The van der Waals surface area contributed by atoms with Crippen molar-refractivity contribution in [1.29, 1.82) is 0 Å². The van der Waals surface area contributed by atoms with Crippen molar-refractivity contribution in [3.63, 3.8) is 0 Å². The quantitative estimate of drug-likeness (QED) is 0.174. The van der Waals surface area contributed by atoms with Gasteiger partial charge in [-0.3, -0.25) is 0 Å². The second-order valence-corrected chi connectivity index (χ2v) is 14.2. The first-order valence-electron chi connectivity index (χ1n) is 19.1. The van der Waals surface area contributed by atoms with E-state index in [2.05, 4.69) is 118 Å². The summed E-state index contributed by atoms with van der Waals surface area (Å²) in [7, 11) is 0. The largest absolute Gasteiger partial charge is 2.00 e. The summed E-state index contributed by atoms with van der Waals surface area (Å²) in [4.78, 5) is 0. The van der Waals surface area contributed by atoms with Gasteiger partial charge in [0.25, 0.3) is 0 Å². The Hall–Kier alpha value is -6.16. The molecule has 0 atom stereocenters. The predicted octanol–water partition coefficient (Wildman–Crippen LogP) is 11.8. The van der Waals surface area contributed by atoms with Crippen LogP contribution in [0.25, 0.3) is 55.0 Å². The van der Waals surface area contributed by atoms with Crippen molar-refractivity contribution >= 4 is 43.6 Å². The van der Waals surface area contributed by atoms with Crippen LogP contribution >= 0.6 is 0 Å². The van der Waals surface area contributed by atoms with Crippen molar-refractivity contribution in [3.8, 4) is 22.9 Å². The normalized spacial score (nSPS) is 10.8. The average molecular weight is 818 g/mol. The molecule has 0 radical (unpaired) electrons. The van der Waals surface area contributed by atoms with Gasteiger partial charge in [0.15, 0.2) is 0 Å². The number of para-hydroxylation sites is 4. The summed E-state index contributed by atoms with van der Waals surface area (Å²) in [6, 6.07) is 65.1. The second-order valence-electron chi connectivity index (χ2n) is 14.2. The van der Waals surface area contributed by atoms with Crippen molar-refractivity contribution in [1.82, 2.24) is 9.13 Å². The summed E-state index contributed by atoms with van der Waals surface area (Å²) in [5.74, 6) is 0.0965. The summed E-state index contributed by atoms with van der Waals surface area (Å²) in [5.41, 5.74) is 10.7. The van der Waals surface area contributed by atoms with E-state index in [1.54, 1.807) is 12.1 Å². The molecule has 0 fully saturated rings. The van der Waals surface area contributed by atoms with Crippen molar-refractivity contribution in [2.24, 2.45) is 0 Å². The fourth-order valence-corrected chi connectivity index (χ4v) is 7.55. The molecule has 2 aromatic heterocycles. The molecule has 5 heteroatoms. The molecule has 0 saturated carbocycles. The Morgan fingerprint density at radius 1 is 0.351 bits per heavy atom. The third-order valence-corrected chi connectivity index (χ3v) is 10.3. The van der Waals surface area contributed by atoms with E-state index in [9.17, 15) is 10.2 Å².